The summed E-state index contributed by atoms with van der Waals surface area (Å²) in [6.45, 7) is 3.62. The van der Waals surface area contributed by atoms with Gasteiger partial charge in [0.1, 0.15) is 5.76 Å². The topological polar surface area (TPSA) is 26.3 Å². The summed E-state index contributed by atoms with van der Waals surface area (Å²) in [5.74, 6) is 4.63. The molecule has 3 saturated carbocycles. The van der Waals surface area contributed by atoms with Crippen molar-refractivity contribution in [2.45, 2.75) is 33.1 Å². The van der Waals surface area contributed by atoms with E-state index >= 15 is 0 Å². The van der Waals surface area contributed by atoms with Gasteiger partial charge in [-0.25, -0.2) is 0 Å². The van der Waals surface area contributed by atoms with Crippen LogP contribution in [0.3, 0.4) is 0 Å². The minimum absolute atomic E-state index is 0.183. The molecule has 1 aromatic rings. The molecule has 0 heterocycles. The third kappa shape index (κ3) is 2.04. The molecule has 1 unspecified atom stereocenters. The Labute approximate surface area is 126 Å². The van der Waals surface area contributed by atoms with E-state index in [2.05, 4.69) is 19.1 Å². The lowest BCUT2D eigenvalue weighted by atomic mass is 9.97. The molecule has 110 valence electrons. The Morgan fingerprint density at radius 3 is 2.24 bits per heavy atom. The van der Waals surface area contributed by atoms with Gasteiger partial charge < -0.3 is 4.74 Å². The summed E-state index contributed by atoms with van der Waals surface area (Å²) in [4.78, 5) is 11.6. The Hall–Kier alpha value is -1.57. The van der Waals surface area contributed by atoms with E-state index in [1.165, 1.54) is 31.7 Å². The van der Waals surface area contributed by atoms with Crippen molar-refractivity contribution in [3.63, 3.8) is 0 Å². The quantitative estimate of drug-likeness (QED) is 0.611. The van der Waals surface area contributed by atoms with Crippen LogP contribution >= 0.6 is 0 Å². The van der Waals surface area contributed by atoms with Crippen LogP contribution in [0, 0.1) is 29.6 Å². The predicted molar refractivity (Wildman–Crippen MR) is 82.1 cm³/mol. The van der Waals surface area contributed by atoms with E-state index in [0.717, 1.165) is 35.0 Å². The lowest BCUT2D eigenvalue weighted by Gasteiger charge is -2.16. The van der Waals surface area contributed by atoms with Crippen molar-refractivity contribution < 1.29 is 9.53 Å². The first-order chi connectivity index (χ1) is 10.2. The summed E-state index contributed by atoms with van der Waals surface area (Å²) in [6, 6.07) is 10.3. The monoisotopic (exact) mass is 282 g/mol. The van der Waals surface area contributed by atoms with Crippen LogP contribution in [0.2, 0.25) is 0 Å². The van der Waals surface area contributed by atoms with Crippen LogP contribution in [0.1, 0.15) is 38.7 Å². The lowest BCUT2D eigenvalue weighted by molar-refractivity contribution is -0.137. The van der Waals surface area contributed by atoms with Crippen molar-refractivity contribution in [1.29, 1.82) is 0 Å². The zero-order valence-corrected chi connectivity index (χ0v) is 12.7. The summed E-state index contributed by atoms with van der Waals surface area (Å²) in [6.07, 6.45) is 4.20. The molecule has 0 saturated heterocycles. The molecule has 3 aliphatic carbocycles. The number of allylic oxidation sites excluding steroid dienone is 2. The van der Waals surface area contributed by atoms with Gasteiger partial charge in [-0.1, -0.05) is 30.3 Å². The second kappa shape index (κ2) is 4.72. The van der Waals surface area contributed by atoms with E-state index in [1.54, 1.807) is 0 Å². The number of ether oxygens (including phenoxy) is 1. The highest BCUT2D eigenvalue weighted by molar-refractivity contribution is 5.73. The fraction of sp³-hybridized carbons (Fsp3) is 0.526. The molecule has 0 amide bonds. The van der Waals surface area contributed by atoms with Crippen molar-refractivity contribution in [3.8, 4) is 0 Å². The van der Waals surface area contributed by atoms with Gasteiger partial charge >= 0.3 is 5.97 Å². The molecule has 0 aliphatic heterocycles. The SMILES string of the molecule is CC(=O)O/C(=C(\C)c1ccccc1)C1[C@@H]2[C@H]3CC[C@H](C3)[C@H]12. The third-order valence-electron chi connectivity index (χ3n) is 5.87. The average Bonchev–Trinajstić information content (AvgIpc) is 2.90. The van der Waals surface area contributed by atoms with Crippen LogP contribution in [0.5, 0.6) is 0 Å². The molecule has 21 heavy (non-hydrogen) atoms. The second-order valence-corrected chi connectivity index (χ2v) is 6.96. The highest BCUT2D eigenvalue weighted by Gasteiger charge is 2.66. The van der Waals surface area contributed by atoms with Crippen LogP contribution in [0.25, 0.3) is 5.57 Å². The van der Waals surface area contributed by atoms with Crippen LogP contribution in [0.4, 0.5) is 0 Å². The Kier molecular flexibility index (Phi) is 2.95. The number of hydrogen-bond acceptors (Lipinski definition) is 2. The summed E-state index contributed by atoms with van der Waals surface area (Å²) in [5.41, 5.74) is 2.32. The molecule has 5 atom stereocenters. The van der Waals surface area contributed by atoms with E-state index < -0.39 is 0 Å². The molecule has 0 aromatic heterocycles. The molecular weight excluding hydrogens is 260 g/mol. The summed E-state index contributed by atoms with van der Waals surface area (Å²) < 4.78 is 5.69. The summed E-state index contributed by atoms with van der Waals surface area (Å²) in [5, 5.41) is 0. The normalized spacial score (nSPS) is 37.0. The molecule has 4 rings (SSSR count). The molecule has 0 N–H and O–H groups in total. The Morgan fingerprint density at radius 1 is 1.05 bits per heavy atom. The van der Waals surface area contributed by atoms with Gasteiger partial charge in [0.05, 0.1) is 0 Å². The van der Waals surface area contributed by atoms with Gasteiger partial charge in [-0.15, -0.1) is 0 Å². The van der Waals surface area contributed by atoms with Crippen molar-refractivity contribution >= 4 is 11.5 Å². The van der Waals surface area contributed by atoms with E-state index in [-0.39, 0.29) is 5.97 Å². The smallest absolute Gasteiger partial charge is 0.307 e. The highest BCUT2D eigenvalue weighted by atomic mass is 16.5. The zero-order valence-electron chi connectivity index (χ0n) is 12.7. The highest BCUT2D eigenvalue weighted by Crippen LogP contribution is 2.71. The average molecular weight is 282 g/mol. The molecule has 2 heteroatoms. The standard InChI is InChI=1S/C19H22O2/c1-11(13-6-4-3-5-7-13)19(21-12(2)20)18-16-14-8-9-15(10-14)17(16)18/h3-7,14-18H,8-10H2,1-2H3/b19-11+/t14-,15+,16+,17-,18?. The van der Waals surface area contributed by atoms with Crippen molar-refractivity contribution in [1.82, 2.24) is 0 Å². The van der Waals surface area contributed by atoms with Gasteiger partial charge in [0.25, 0.3) is 0 Å². The molecule has 3 aliphatic rings. The molecule has 2 nitrogen and oxygen atoms in total. The van der Waals surface area contributed by atoms with E-state index in [9.17, 15) is 4.79 Å². The van der Waals surface area contributed by atoms with Crippen LogP contribution in [0.15, 0.2) is 36.1 Å². The molecule has 1 aromatic carbocycles. The number of carbonyl (C=O) groups is 1. The maximum absolute atomic E-state index is 11.6. The number of esters is 1. The molecule has 3 fully saturated rings. The number of carbonyl (C=O) groups excluding carboxylic acids is 1. The van der Waals surface area contributed by atoms with Gasteiger partial charge in [-0.3, -0.25) is 4.79 Å². The summed E-state index contributed by atoms with van der Waals surface area (Å²) >= 11 is 0. The van der Waals surface area contributed by atoms with Crippen LogP contribution in [-0.2, 0) is 9.53 Å². The Balaban J connectivity index is 1.68. The maximum Gasteiger partial charge on any atom is 0.307 e. The van der Waals surface area contributed by atoms with Gasteiger partial charge in [0.2, 0.25) is 0 Å². The molecule has 2 bridgehead atoms. The Morgan fingerprint density at radius 2 is 1.67 bits per heavy atom. The van der Waals surface area contributed by atoms with Crippen LogP contribution in [-0.4, -0.2) is 5.97 Å². The van der Waals surface area contributed by atoms with E-state index in [0.29, 0.717) is 5.92 Å². The maximum atomic E-state index is 11.6. The minimum atomic E-state index is -0.183. The number of hydrogen-bond donors (Lipinski definition) is 0. The first kappa shape index (κ1) is 13.1. The van der Waals surface area contributed by atoms with E-state index in [1.807, 2.05) is 18.2 Å². The third-order valence-corrected chi connectivity index (χ3v) is 5.87. The molecule has 0 spiro atoms. The largest absolute Gasteiger partial charge is 0.431 e. The number of benzene rings is 1. The van der Waals surface area contributed by atoms with Crippen molar-refractivity contribution in [2.24, 2.45) is 29.6 Å². The fourth-order valence-corrected chi connectivity index (χ4v) is 5.06. The lowest BCUT2D eigenvalue weighted by Crippen LogP contribution is -2.09. The number of fused-ring (bicyclic) bond motifs is 5. The first-order valence-corrected chi connectivity index (χ1v) is 8.11. The minimum Gasteiger partial charge on any atom is -0.431 e. The fourth-order valence-electron chi connectivity index (χ4n) is 5.06. The van der Waals surface area contributed by atoms with Gasteiger partial charge in [0.15, 0.2) is 0 Å². The first-order valence-electron chi connectivity index (χ1n) is 8.11. The molecule has 0 radical (unpaired) electrons. The van der Waals surface area contributed by atoms with Crippen molar-refractivity contribution in [3.05, 3.63) is 41.7 Å². The van der Waals surface area contributed by atoms with Gasteiger partial charge in [0, 0.05) is 12.8 Å². The van der Waals surface area contributed by atoms with E-state index in [4.69, 9.17) is 4.74 Å². The molecular formula is C19H22O2. The Bertz CT molecular complexity index is 585. The number of rotatable bonds is 3. The summed E-state index contributed by atoms with van der Waals surface area (Å²) in [7, 11) is 0. The zero-order chi connectivity index (χ0) is 14.6. The van der Waals surface area contributed by atoms with Gasteiger partial charge in [-0.2, -0.15) is 0 Å². The predicted octanol–water partition coefficient (Wildman–Crippen LogP) is 4.27. The van der Waals surface area contributed by atoms with Gasteiger partial charge in [-0.05, 0) is 61.0 Å². The second-order valence-electron chi connectivity index (χ2n) is 6.96. The van der Waals surface area contributed by atoms with Crippen LogP contribution < -0.4 is 0 Å². The van der Waals surface area contributed by atoms with Crippen molar-refractivity contribution in [2.75, 3.05) is 0 Å².